The van der Waals surface area contributed by atoms with Crippen LogP contribution in [0.15, 0.2) is 53.9 Å². The third-order valence-electron chi connectivity index (χ3n) is 5.50. The van der Waals surface area contributed by atoms with Gasteiger partial charge in [-0.2, -0.15) is 0 Å². The maximum atomic E-state index is 13.1. The van der Waals surface area contributed by atoms with Crippen molar-refractivity contribution in [2.45, 2.75) is 32.2 Å². The Balaban J connectivity index is 1.57. The van der Waals surface area contributed by atoms with Gasteiger partial charge in [0, 0.05) is 17.8 Å². The van der Waals surface area contributed by atoms with Crippen molar-refractivity contribution in [3.05, 3.63) is 75.7 Å². The number of carboxylic acids is 1. The van der Waals surface area contributed by atoms with E-state index in [1.807, 2.05) is 38.1 Å². The lowest BCUT2D eigenvalue weighted by Gasteiger charge is -2.27. The number of rotatable bonds is 7. The molecule has 0 bridgehead atoms. The first-order chi connectivity index (χ1) is 15.0. The first kappa shape index (κ1) is 21.1. The fourth-order valence-corrected chi connectivity index (χ4v) is 4.80. The lowest BCUT2D eigenvalue weighted by Crippen LogP contribution is -2.40. The SMILES string of the molecule is CCCN(C(=O)OCC1c2ccccc2-c2ccccc21)C(C(=O)O)c1csc(C)n1. The van der Waals surface area contributed by atoms with Crippen molar-refractivity contribution in [3.63, 3.8) is 0 Å². The van der Waals surface area contributed by atoms with Crippen molar-refractivity contribution in [1.82, 2.24) is 9.88 Å². The lowest BCUT2D eigenvalue weighted by molar-refractivity contribution is -0.143. The molecule has 31 heavy (non-hydrogen) atoms. The number of aromatic nitrogens is 1. The molecule has 160 valence electrons. The van der Waals surface area contributed by atoms with Crippen molar-refractivity contribution in [3.8, 4) is 11.1 Å². The fraction of sp³-hybridized carbons (Fsp3) is 0.292. The summed E-state index contributed by atoms with van der Waals surface area (Å²) in [6.07, 6.45) is -0.0290. The largest absolute Gasteiger partial charge is 0.479 e. The highest BCUT2D eigenvalue weighted by Crippen LogP contribution is 2.44. The highest BCUT2D eigenvalue weighted by molar-refractivity contribution is 7.09. The molecule has 1 aliphatic carbocycles. The molecule has 0 saturated carbocycles. The summed E-state index contributed by atoms with van der Waals surface area (Å²) in [5.74, 6) is -1.20. The van der Waals surface area contributed by atoms with E-state index in [1.54, 1.807) is 5.38 Å². The summed E-state index contributed by atoms with van der Waals surface area (Å²) >= 11 is 1.36. The number of benzene rings is 2. The zero-order valence-electron chi connectivity index (χ0n) is 17.4. The van der Waals surface area contributed by atoms with Crippen molar-refractivity contribution < 1.29 is 19.4 Å². The molecule has 7 heteroatoms. The van der Waals surface area contributed by atoms with Crippen LogP contribution in [0.25, 0.3) is 11.1 Å². The Hall–Kier alpha value is -3.19. The minimum absolute atomic E-state index is 0.0791. The number of carbonyl (C=O) groups excluding carboxylic acids is 1. The third-order valence-corrected chi connectivity index (χ3v) is 6.29. The predicted octanol–water partition coefficient (Wildman–Crippen LogP) is 5.24. The second-order valence-corrected chi connectivity index (χ2v) is 8.59. The molecule has 1 amide bonds. The van der Waals surface area contributed by atoms with Gasteiger partial charge in [-0.05, 0) is 35.6 Å². The molecule has 1 atom stereocenters. The number of carbonyl (C=O) groups is 2. The summed E-state index contributed by atoms with van der Waals surface area (Å²) in [6, 6.07) is 15.0. The molecule has 3 aromatic rings. The smallest absolute Gasteiger partial charge is 0.410 e. The number of hydrogen-bond acceptors (Lipinski definition) is 5. The van der Waals surface area contributed by atoms with E-state index in [4.69, 9.17) is 4.74 Å². The summed E-state index contributed by atoms with van der Waals surface area (Å²) in [6.45, 7) is 4.12. The first-order valence-electron chi connectivity index (χ1n) is 10.3. The predicted molar refractivity (Wildman–Crippen MR) is 119 cm³/mol. The van der Waals surface area contributed by atoms with Gasteiger partial charge in [-0.3, -0.25) is 4.90 Å². The van der Waals surface area contributed by atoms with Crippen LogP contribution in [0.1, 0.15) is 47.1 Å². The number of ether oxygens (including phenoxy) is 1. The van der Waals surface area contributed by atoms with Gasteiger partial charge in [-0.25, -0.2) is 14.6 Å². The van der Waals surface area contributed by atoms with Crippen LogP contribution in [0.3, 0.4) is 0 Å². The van der Waals surface area contributed by atoms with Gasteiger partial charge in [0.1, 0.15) is 6.61 Å². The number of aryl methyl sites for hydroxylation is 1. The minimum Gasteiger partial charge on any atom is -0.479 e. The average molecular weight is 437 g/mol. The number of thiazole rings is 1. The summed E-state index contributed by atoms with van der Waals surface area (Å²) in [4.78, 5) is 30.7. The molecule has 1 heterocycles. The number of nitrogens with zero attached hydrogens (tertiary/aromatic N) is 2. The van der Waals surface area contributed by atoms with Gasteiger partial charge < -0.3 is 9.84 Å². The number of amides is 1. The van der Waals surface area contributed by atoms with E-state index in [0.717, 1.165) is 27.3 Å². The van der Waals surface area contributed by atoms with Crippen LogP contribution in [0.2, 0.25) is 0 Å². The quantitative estimate of drug-likeness (QED) is 0.548. The molecule has 0 fully saturated rings. The molecule has 1 N–H and O–H groups in total. The molecule has 0 spiro atoms. The Labute approximate surface area is 185 Å². The van der Waals surface area contributed by atoms with E-state index >= 15 is 0 Å². The average Bonchev–Trinajstić information content (AvgIpc) is 3.33. The number of hydrogen-bond donors (Lipinski definition) is 1. The van der Waals surface area contributed by atoms with Gasteiger partial charge in [0.2, 0.25) is 0 Å². The van der Waals surface area contributed by atoms with E-state index in [9.17, 15) is 14.7 Å². The van der Waals surface area contributed by atoms with Gasteiger partial charge in [-0.15, -0.1) is 11.3 Å². The number of fused-ring (bicyclic) bond motifs is 3. The molecule has 0 radical (unpaired) electrons. The fourth-order valence-electron chi connectivity index (χ4n) is 4.17. The summed E-state index contributed by atoms with van der Waals surface area (Å²) in [5.41, 5.74) is 4.88. The van der Waals surface area contributed by atoms with Crippen LogP contribution in [-0.4, -0.2) is 40.2 Å². The molecule has 0 saturated heterocycles. The molecule has 4 rings (SSSR count). The Morgan fingerprint density at radius 2 is 1.74 bits per heavy atom. The maximum absolute atomic E-state index is 13.1. The summed E-state index contributed by atoms with van der Waals surface area (Å²) in [5, 5.41) is 12.3. The van der Waals surface area contributed by atoms with E-state index in [1.165, 1.54) is 16.2 Å². The zero-order valence-corrected chi connectivity index (χ0v) is 18.3. The van der Waals surface area contributed by atoms with Crippen molar-refractivity contribution in [2.24, 2.45) is 0 Å². The van der Waals surface area contributed by atoms with Crippen molar-refractivity contribution >= 4 is 23.4 Å². The highest BCUT2D eigenvalue weighted by atomic mass is 32.1. The topological polar surface area (TPSA) is 79.7 Å². The second-order valence-electron chi connectivity index (χ2n) is 7.53. The van der Waals surface area contributed by atoms with Gasteiger partial charge >= 0.3 is 12.1 Å². The molecule has 1 aromatic heterocycles. The Bertz CT molecular complexity index is 1060. The van der Waals surface area contributed by atoms with Crippen LogP contribution in [0.4, 0.5) is 4.79 Å². The summed E-state index contributed by atoms with van der Waals surface area (Å²) < 4.78 is 5.71. The van der Waals surface area contributed by atoms with Crippen molar-refractivity contribution in [2.75, 3.05) is 13.2 Å². The van der Waals surface area contributed by atoms with E-state index < -0.39 is 18.1 Å². The van der Waals surface area contributed by atoms with Crippen LogP contribution in [0.5, 0.6) is 0 Å². The van der Waals surface area contributed by atoms with Crippen molar-refractivity contribution in [1.29, 1.82) is 0 Å². The van der Waals surface area contributed by atoms with E-state index in [2.05, 4.69) is 29.2 Å². The highest BCUT2D eigenvalue weighted by Gasteiger charge is 2.35. The molecular formula is C24H24N2O4S. The molecule has 6 nitrogen and oxygen atoms in total. The Kier molecular flexibility index (Phi) is 6.04. The van der Waals surface area contributed by atoms with E-state index in [-0.39, 0.29) is 19.1 Å². The normalized spacial score (nSPS) is 13.4. The Morgan fingerprint density at radius 3 is 2.26 bits per heavy atom. The second kappa shape index (κ2) is 8.89. The zero-order chi connectivity index (χ0) is 22.0. The maximum Gasteiger partial charge on any atom is 0.410 e. The molecular weight excluding hydrogens is 412 g/mol. The summed E-state index contributed by atoms with van der Waals surface area (Å²) in [7, 11) is 0. The minimum atomic E-state index is -1.17. The monoisotopic (exact) mass is 436 g/mol. The van der Waals surface area contributed by atoms with Gasteiger partial charge in [0.25, 0.3) is 0 Å². The van der Waals surface area contributed by atoms with Crippen LogP contribution in [0, 0.1) is 6.92 Å². The first-order valence-corrected chi connectivity index (χ1v) is 11.2. The van der Waals surface area contributed by atoms with Gasteiger partial charge in [0.05, 0.1) is 10.7 Å². The molecule has 1 unspecified atom stereocenters. The van der Waals surface area contributed by atoms with Gasteiger partial charge in [0.15, 0.2) is 6.04 Å². The lowest BCUT2D eigenvalue weighted by atomic mass is 9.98. The Morgan fingerprint density at radius 1 is 1.13 bits per heavy atom. The standard InChI is InChI=1S/C24H24N2O4S/c1-3-12-26(22(23(27)28)21-14-31-15(2)25-21)24(29)30-13-20-18-10-6-4-8-16(18)17-9-5-7-11-19(17)20/h4-11,14,20,22H,3,12-13H2,1-2H3,(H,27,28). The molecule has 0 aliphatic heterocycles. The molecule has 2 aromatic carbocycles. The van der Waals surface area contributed by atoms with Gasteiger partial charge in [-0.1, -0.05) is 55.5 Å². The van der Waals surface area contributed by atoms with E-state index in [0.29, 0.717) is 12.1 Å². The number of aliphatic carboxylic acids is 1. The van der Waals surface area contributed by atoms with Crippen LogP contribution < -0.4 is 0 Å². The molecule has 1 aliphatic rings. The third kappa shape index (κ3) is 4.05. The van der Waals surface area contributed by atoms with Crippen LogP contribution >= 0.6 is 11.3 Å². The number of carboxylic acid groups (broad SMARTS) is 1. The van der Waals surface area contributed by atoms with Crippen LogP contribution in [-0.2, 0) is 9.53 Å².